The Morgan fingerprint density at radius 3 is 2.68 bits per heavy atom. The van der Waals surface area contributed by atoms with Gasteiger partial charge in [-0.1, -0.05) is 30.3 Å². The second-order valence-corrected chi connectivity index (χ2v) is 5.10. The molecule has 0 spiro atoms. The van der Waals surface area contributed by atoms with Crippen LogP contribution in [-0.4, -0.2) is 16.0 Å². The summed E-state index contributed by atoms with van der Waals surface area (Å²) in [4.78, 5) is 8.97. The van der Waals surface area contributed by atoms with E-state index in [-0.39, 0.29) is 0 Å². The standard InChI is InChI=1S/C16H19N3/c1-2-4-13(5-3-1)6-9-16-17-11-10-15(19-16)12-18-14-7-8-14/h1-5,10-11,14,18H,6-9,12H2. The van der Waals surface area contributed by atoms with Crippen molar-refractivity contribution in [3.05, 3.63) is 59.7 Å². The van der Waals surface area contributed by atoms with Gasteiger partial charge in [0, 0.05) is 25.2 Å². The van der Waals surface area contributed by atoms with Crippen LogP contribution >= 0.6 is 0 Å². The first kappa shape index (κ1) is 12.3. The minimum Gasteiger partial charge on any atom is -0.308 e. The van der Waals surface area contributed by atoms with Crippen LogP contribution in [0, 0.1) is 0 Å². The number of aryl methyl sites for hydroxylation is 2. The van der Waals surface area contributed by atoms with E-state index in [1.165, 1.54) is 18.4 Å². The zero-order valence-electron chi connectivity index (χ0n) is 11.0. The predicted molar refractivity (Wildman–Crippen MR) is 75.7 cm³/mol. The molecule has 1 saturated carbocycles. The summed E-state index contributed by atoms with van der Waals surface area (Å²) in [6, 6.07) is 13.2. The third kappa shape index (κ3) is 3.86. The highest BCUT2D eigenvalue weighted by Crippen LogP contribution is 2.18. The van der Waals surface area contributed by atoms with Gasteiger partial charge < -0.3 is 5.32 Å². The van der Waals surface area contributed by atoms with Crippen LogP contribution in [0.25, 0.3) is 0 Å². The molecule has 3 heteroatoms. The van der Waals surface area contributed by atoms with Gasteiger partial charge in [0.05, 0.1) is 5.69 Å². The van der Waals surface area contributed by atoms with Gasteiger partial charge in [0.1, 0.15) is 5.82 Å². The molecule has 0 bridgehead atoms. The molecule has 0 unspecified atom stereocenters. The van der Waals surface area contributed by atoms with Crippen LogP contribution in [-0.2, 0) is 19.4 Å². The average molecular weight is 253 g/mol. The smallest absolute Gasteiger partial charge is 0.128 e. The van der Waals surface area contributed by atoms with Gasteiger partial charge in [0.25, 0.3) is 0 Å². The van der Waals surface area contributed by atoms with E-state index in [4.69, 9.17) is 0 Å². The quantitative estimate of drug-likeness (QED) is 0.859. The summed E-state index contributed by atoms with van der Waals surface area (Å²) in [6.07, 6.45) is 6.40. The SMILES string of the molecule is c1ccc(CCc2nccc(CNC3CC3)n2)cc1. The Morgan fingerprint density at radius 1 is 1.05 bits per heavy atom. The van der Waals surface area contributed by atoms with Gasteiger partial charge in [-0.25, -0.2) is 9.97 Å². The molecule has 19 heavy (non-hydrogen) atoms. The van der Waals surface area contributed by atoms with E-state index in [1.807, 2.05) is 18.3 Å². The van der Waals surface area contributed by atoms with Crippen LogP contribution in [0.5, 0.6) is 0 Å². The van der Waals surface area contributed by atoms with E-state index in [9.17, 15) is 0 Å². The molecule has 0 atom stereocenters. The van der Waals surface area contributed by atoms with Crippen LogP contribution in [0.3, 0.4) is 0 Å². The van der Waals surface area contributed by atoms with Crippen molar-refractivity contribution >= 4 is 0 Å². The van der Waals surface area contributed by atoms with Crippen molar-refractivity contribution in [3.8, 4) is 0 Å². The molecule has 0 saturated heterocycles. The lowest BCUT2D eigenvalue weighted by atomic mass is 10.1. The lowest BCUT2D eigenvalue weighted by molar-refractivity contribution is 0.666. The van der Waals surface area contributed by atoms with Crippen molar-refractivity contribution in [2.24, 2.45) is 0 Å². The van der Waals surface area contributed by atoms with Crippen molar-refractivity contribution in [1.29, 1.82) is 0 Å². The molecule has 0 aliphatic heterocycles. The van der Waals surface area contributed by atoms with Gasteiger partial charge >= 0.3 is 0 Å². The summed E-state index contributed by atoms with van der Waals surface area (Å²) in [5.41, 5.74) is 2.44. The van der Waals surface area contributed by atoms with Crippen molar-refractivity contribution in [3.63, 3.8) is 0 Å². The van der Waals surface area contributed by atoms with Crippen molar-refractivity contribution < 1.29 is 0 Å². The van der Waals surface area contributed by atoms with E-state index in [2.05, 4.69) is 39.6 Å². The maximum atomic E-state index is 4.61. The second kappa shape index (κ2) is 5.93. The average Bonchev–Trinajstić information content (AvgIpc) is 3.29. The summed E-state index contributed by atoms with van der Waals surface area (Å²) in [5.74, 6) is 0.943. The largest absolute Gasteiger partial charge is 0.308 e. The molecular weight excluding hydrogens is 234 g/mol. The molecular formula is C16H19N3. The highest BCUT2D eigenvalue weighted by molar-refractivity contribution is 5.15. The maximum absolute atomic E-state index is 4.61. The Bertz CT molecular complexity index is 521. The van der Waals surface area contributed by atoms with Gasteiger partial charge in [-0.2, -0.15) is 0 Å². The molecule has 1 aliphatic rings. The van der Waals surface area contributed by atoms with Crippen LogP contribution in [0.15, 0.2) is 42.6 Å². The van der Waals surface area contributed by atoms with Gasteiger partial charge in [-0.15, -0.1) is 0 Å². The zero-order chi connectivity index (χ0) is 12.9. The first-order valence-corrected chi connectivity index (χ1v) is 6.98. The number of nitrogens with zero attached hydrogens (tertiary/aromatic N) is 2. The minimum atomic E-state index is 0.725. The van der Waals surface area contributed by atoms with E-state index in [0.29, 0.717) is 0 Å². The number of aromatic nitrogens is 2. The molecule has 0 radical (unpaired) electrons. The van der Waals surface area contributed by atoms with Gasteiger partial charge in [-0.05, 0) is 30.9 Å². The zero-order valence-corrected chi connectivity index (χ0v) is 11.0. The molecule has 1 aliphatic carbocycles. The highest BCUT2D eigenvalue weighted by Gasteiger charge is 2.20. The highest BCUT2D eigenvalue weighted by atomic mass is 15.0. The number of nitrogens with one attached hydrogen (secondary N) is 1. The maximum Gasteiger partial charge on any atom is 0.128 e. The third-order valence-corrected chi connectivity index (χ3v) is 3.39. The lowest BCUT2D eigenvalue weighted by Crippen LogP contribution is -2.16. The number of hydrogen-bond acceptors (Lipinski definition) is 3. The van der Waals surface area contributed by atoms with Crippen LogP contribution < -0.4 is 5.32 Å². The normalized spacial score (nSPS) is 14.5. The van der Waals surface area contributed by atoms with E-state index < -0.39 is 0 Å². The Hall–Kier alpha value is -1.74. The fourth-order valence-corrected chi connectivity index (χ4v) is 2.10. The fraction of sp³-hybridized carbons (Fsp3) is 0.375. The first-order valence-electron chi connectivity index (χ1n) is 6.98. The van der Waals surface area contributed by atoms with Crippen molar-refractivity contribution in [2.45, 2.75) is 38.3 Å². The summed E-state index contributed by atoms with van der Waals surface area (Å²) < 4.78 is 0. The summed E-state index contributed by atoms with van der Waals surface area (Å²) in [5, 5.41) is 3.48. The van der Waals surface area contributed by atoms with Crippen LogP contribution in [0.2, 0.25) is 0 Å². The number of hydrogen-bond donors (Lipinski definition) is 1. The molecule has 1 aromatic heterocycles. The van der Waals surface area contributed by atoms with Gasteiger partial charge in [0.2, 0.25) is 0 Å². The molecule has 3 nitrogen and oxygen atoms in total. The Kier molecular flexibility index (Phi) is 3.84. The van der Waals surface area contributed by atoms with E-state index in [1.54, 1.807) is 0 Å². The minimum absolute atomic E-state index is 0.725. The molecule has 2 aromatic rings. The van der Waals surface area contributed by atoms with E-state index in [0.717, 1.165) is 36.9 Å². The van der Waals surface area contributed by atoms with Crippen molar-refractivity contribution in [2.75, 3.05) is 0 Å². The van der Waals surface area contributed by atoms with E-state index >= 15 is 0 Å². The van der Waals surface area contributed by atoms with Crippen LogP contribution in [0.4, 0.5) is 0 Å². The summed E-state index contributed by atoms with van der Waals surface area (Å²) in [6.45, 7) is 0.867. The topological polar surface area (TPSA) is 37.8 Å². The molecule has 1 N–H and O–H groups in total. The molecule has 1 fully saturated rings. The summed E-state index contributed by atoms with van der Waals surface area (Å²) >= 11 is 0. The Morgan fingerprint density at radius 2 is 1.89 bits per heavy atom. The second-order valence-electron chi connectivity index (χ2n) is 5.10. The third-order valence-electron chi connectivity index (χ3n) is 3.39. The Balaban J connectivity index is 1.56. The predicted octanol–water partition coefficient (Wildman–Crippen LogP) is 2.51. The monoisotopic (exact) mass is 253 g/mol. The number of rotatable bonds is 6. The fourth-order valence-electron chi connectivity index (χ4n) is 2.10. The first-order chi connectivity index (χ1) is 9.40. The lowest BCUT2D eigenvalue weighted by Gasteiger charge is -2.05. The van der Waals surface area contributed by atoms with Gasteiger partial charge in [0.15, 0.2) is 0 Å². The summed E-state index contributed by atoms with van der Waals surface area (Å²) in [7, 11) is 0. The van der Waals surface area contributed by atoms with Crippen molar-refractivity contribution in [1.82, 2.24) is 15.3 Å². The molecule has 1 heterocycles. The molecule has 1 aromatic carbocycles. The van der Waals surface area contributed by atoms with Gasteiger partial charge in [-0.3, -0.25) is 0 Å². The van der Waals surface area contributed by atoms with Crippen LogP contribution in [0.1, 0.15) is 29.9 Å². The molecule has 0 amide bonds. The molecule has 98 valence electrons. The Labute approximate surface area is 114 Å². The molecule has 3 rings (SSSR count). The number of benzene rings is 1.